The van der Waals surface area contributed by atoms with Crippen LogP contribution in [0.15, 0.2) is 27.8 Å². The van der Waals surface area contributed by atoms with Gasteiger partial charge in [0.05, 0.1) is 17.7 Å². The number of anilines is 1. The van der Waals surface area contributed by atoms with Gasteiger partial charge in [-0.2, -0.15) is 10.2 Å². The molecule has 0 saturated carbocycles. The molecule has 3 aromatic rings. The number of aromatic nitrogens is 4. The van der Waals surface area contributed by atoms with Crippen molar-refractivity contribution in [1.82, 2.24) is 19.9 Å². The highest BCUT2D eigenvalue weighted by molar-refractivity contribution is 9.10. The molecule has 0 aliphatic heterocycles. The molecule has 0 radical (unpaired) electrons. The fraction of sp³-hybridized carbons (Fsp3) is 0.250. The maximum atomic E-state index is 8.72. The molecule has 0 fully saturated rings. The Morgan fingerprint density at radius 2 is 2.19 bits per heavy atom. The molecule has 3 aromatic heterocycles. The number of methoxy groups -OCH3 is 1. The predicted octanol–water partition coefficient (Wildman–Crippen LogP) is 3.71. The molecule has 134 valence electrons. The first-order valence-corrected chi connectivity index (χ1v) is 9.28. The predicted molar refractivity (Wildman–Crippen MR) is 102 cm³/mol. The monoisotopic (exact) mass is 434 g/mol. The van der Waals surface area contributed by atoms with E-state index in [-0.39, 0.29) is 6.61 Å². The topological polar surface area (TPSA) is 109 Å². The Morgan fingerprint density at radius 3 is 2.92 bits per heavy atom. The largest absolute Gasteiger partial charge is 0.478 e. The van der Waals surface area contributed by atoms with Crippen LogP contribution in [0.1, 0.15) is 12.6 Å². The number of halogens is 1. The number of fused-ring (bicyclic) bond motifs is 1. The van der Waals surface area contributed by atoms with Crippen LogP contribution in [0.3, 0.4) is 0 Å². The van der Waals surface area contributed by atoms with E-state index in [4.69, 9.17) is 14.7 Å². The lowest BCUT2D eigenvalue weighted by atomic mass is 10.3. The molecule has 3 heterocycles. The van der Waals surface area contributed by atoms with Crippen LogP contribution in [0.4, 0.5) is 5.95 Å². The summed E-state index contributed by atoms with van der Waals surface area (Å²) >= 11 is 4.72. The molecule has 0 aromatic carbocycles. The van der Waals surface area contributed by atoms with E-state index in [1.54, 1.807) is 0 Å². The SMILES string of the molecule is CCc1nc(NSc2c[nH]c3nc(Br)ccc23)nc(OC)c1OCC#N. The second-order valence-corrected chi connectivity index (χ2v) is 6.68. The average Bonchev–Trinajstić information content (AvgIpc) is 3.06. The van der Waals surface area contributed by atoms with Gasteiger partial charge >= 0.3 is 0 Å². The standard InChI is InChI=1S/C16H15BrN6O2S/c1-3-10-13(25-7-6-18)15(24-2)22-16(20-10)23-26-11-8-19-14-9(11)4-5-12(17)21-14/h4-5,8H,3,7H2,1-2H3,(H,19,21)(H,20,22,23). The number of ether oxygens (including phenoxy) is 2. The van der Waals surface area contributed by atoms with Crippen molar-refractivity contribution in [1.29, 1.82) is 5.26 Å². The van der Waals surface area contributed by atoms with Crippen LogP contribution in [0.25, 0.3) is 11.0 Å². The van der Waals surface area contributed by atoms with Gasteiger partial charge in [-0.25, -0.2) is 9.97 Å². The van der Waals surface area contributed by atoms with Gasteiger partial charge in [0.25, 0.3) is 5.88 Å². The first kappa shape index (κ1) is 18.3. The van der Waals surface area contributed by atoms with Crippen LogP contribution in [-0.4, -0.2) is 33.7 Å². The highest BCUT2D eigenvalue weighted by Crippen LogP contribution is 2.32. The Labute approximate surface area is 162 Å². The number of aryl methyl sites for hydroxylation is 1. The van der Waals surface area contributed by atoms with Gasteiger partial charge in [0.15, 0.2) is 6.61 Å². The highest BCUT2D eigenvalue weighted by Gasteiger charge is 2.16. The first-order chi connectivity index (χ1) is 12.7. The summed E-state index contributed by atoms with van der Waals surface area (Å²) in [6.07, 6.45) is 2.48. The Morgan fingerprint density at radius 1 is 1.35 bits per heavy atom. The van der Waals surface area contributed by atoms with Crippen molar-refractivity contribution < 1.29 is 9.47 Å². The van der Waals surface area contributed by atoms with Gasteiger partial charge in [0, 0.05) is 11.6 Å². The summed E-state index contributed by atoms with van der Waals surface area (Å²) in [5.74, 6) is 1.08. The fourth-order valence-corrected chi connectivity index (χ4v) is 3.28. The van der Waals surface area contributed by atoms with Crippen molar-refractivity contribution in [3.63, 3.8) is 0 Å². The van der Waals surface area contributed by atoms with E-state index in [2.05, 4.69) is 40.6 Å². The number of hydrogen-bond acceptors (Lipinski definition) is 8. The molecular formula is C16H15BrN6O2S. The Balaban J connectivity index is 1.84. The Bertz CT molecular complexity index is 946. The second kappa shape index (κ2) is 8.25. The van der Waals surface area contributed by atoms with Crippen molar-refractivity contribution in [3.05, 3.63) is 28.6 Å². The number of nitrogens with zero attached hydrogens (tertiary/aromatic N) is 4. The van der Waals surface area contributed by atoms with Gasteiger partial charge in [-0.1, -0.05) is 6.92 Å². The van der Waals surface area contributed by atoms with Gasteiger partial charge in [0.1, 0.15) is 16.3 Å². The van der Waals surface area contributed by atoms with Crippen LogP contribution in [0.2, 0.25) is 0 Å². The number of rotatable bonds is 7. The number of hydrogen-bond donors (Lipinski definition) is 2. The van der Waals surface area contributed by atoms with E-state index < -0.39 is 0 Å². The van der Waals surface area contributed by atoms with E-state index in [9.17, 15) is 0 Å². The van der Waals surface area contributed by atoms with E-state index >= 15 is 0 Å². The molecule has 0 unspecified atom stereocenters. The first-order valence-electron chi connectivity index (χ1n) is 7.67. The van der Waals surface area contributed by atoms with Crippen molar-refractivity contribution >= 4 is 44.9 Å². The maximum Gasteiger partial charge on any atom is 0.262 e. The van der Waals surface area contributed by atoms with Crippen molar-refractivity contribution in [2.45, 2.75) is 18.2 Å². The quantitative estimate of drug-likeness (QED) is 0.427. The average molecular weight is 435 g/mol. The molecule has 0 atom stereocenters. The number of nitrogens with one attached hydrogen (secondary N) is 2. The van der Waals surface area contributed by atoms with E-state index in [0.717, 1.165) is 20.5 Å². The summed E-state index contributed by atoms with van der Waals surface area (Å²) < 4.78 is 14.6. The van der Waals surface area contributed by atoms with Gasteiger partial charge < -0.3 is 14.5 Å². The summed E-state index contributed by atoms with van der Waals surface area (Å²) in [5, 5.41) is 9.71. The molecule has 26 heavy (non-hydrogen) atoms. The maximum absolute atomic E-state index is 8.72. The van der Waals surface area contributed by atoms with Gasteiger partial charge in [0.2, 0.25) is 11.7 Å². The summed E-state index contributed by atoms with van der Waals surface area (Å²) in [4.78, 5) is 17.2. The lowest BCUT2D eigenvalue weighted by Gasteiger charge is -2.13. The lowest BCUT2D eigenvalue weighted by Crippen LogP contribution is -2.06. The van der Waals surface area contributed by atoms with Gasteiger partial charge in [-0.15, -0.1) is 0 Å². The third-order valence-corrected chi connectivity index (χ3v) is 4.72. The Hall–Kier alpha value is -2.51. The van der Waals surface area contributed by atoms with E-state index in [0.29, 0.717) is 29.7 Å². The zero-order valence-electron chi connectivity index (χ0n) is 14.0. The molecule has 10 heteroatoms. The van der Waals surface area contributed by atoms with Gasteiger partial charge in [-0.3, -0.25) is 4.72 Å². The number of aromatic amines is 1. The van der Waals surface area contributed by atoms with Crippen LogP contribution >= 0.6 is 27.9 Å². The third-order valence-electron chi connectivity index (χ3n) is 3.43. The normalized spacial score (nSPS) is 10.5. The van der Waals surface area contributed by atoms with E-state index in [1.807, 2.05) is 31.3 Å². The molecule has 0 aliphatic rings. The highest BCUT2D eigenvalue weighted by atomic mass is 79.9. The summed E-state index contributed by atoms with van der Waals surface area (Å²) in [6, 6.07) is 5.79. The molecule has 8 nitrogen and oxygen atoms in total. The number of H-pyrrole nitrogens is 1. The third kappa shape index (κ3) is 3.84. The zero-order valence-corrected chi connectivity index (χ0v) is 16.4. The van der Waals surface area contributed by atoms with Crippen LogP contribution in [-0.2, 0) is 6.42 Å². The summed E-state index contributed by atoms with van der Waals surface area (Å²) in [5.41, 5.74) is 1.45. The fourth-order valence-electron chi connectivity index (χ4n) is 2.29. The molecule has 0 spiro atoms. The molecule has 0 bridgehead atoms. The molecule has 2 N–H and O–H groups in total. The minimum absolute atomic E-state index is 0.0911. The Kier molecular flexibility index (Phi) is 5.80. The lowest BCUT2D eigenvalue weighted by molar-refractivity contribution is 0.315. The van der Waals surface area contributed by atoms with Crippen molar-refractivity contribution in [2.75, 3.05) is 18.4 Å². The molecule has 0 amide bonds. The van der Waals surface area contributed by atoms with Crippen LogP contribution < -0.4 is 14.2 Å². The number of nitriles is 1. The van der Waals surface area contributed by atoms with Crippen LogP contribution in [0, 0.1) is 11.3 Å². The van der Waals surface area contributed by atoms with Crippen LogP contribution in [0.5, 0.6) is 11.6 Å². The molecular weight excluding hydrogens is 420 g/mol. The molecule has 3 rings (SSSR count). The van der Waals surface area contributed by atoms with E-state index in [1.165, 1.54) is 19.1 Å². The minimum Gasteiger partial charge on any atom is -0.478 e. The van der Waals surface area contributed by atoms with Crippen molar-refractivity contribution in [2.24, 2.45) is 0 Å². The molecule has 0 aliphatic carbocycles. The number of pyridine rings is 1. The van der Waals surface area contributed by atoms with Crippen molar-refractivity contribution in [3.8, 4) is 17.7 Å². The zero-order chi connectivity index (χ0) is 18.5. The van der Waals surface area contributed by atoms with Gasteiger partial charge in [-0.05, 0) is 46.4 Å². The second-order valence-electron chi connectivity index (χ2n) is 5.02. The smallest absolute Gasteiger partial charge is 0.262 e. The summed E-state index contributed by atoms with van der Waals surface area (Å²) in [6.45, 7) is 1.85. The molecule has 0 saturated heterocycles. The minimum atomic E-state index is -0.0911. The summed E-state index contributed by atoms with van der Waals surface area (Å²) in [7, 11) is 1.50.